The maximum absolute atomic E-state index is 5.01. The van der Waals surface area contributed by atoms with E-state index in [0.29, 0.717) is 17.5 Å². The number of fused-ring (bicyclic) bond motifs is 7. The molecule has 13 aromatic rings. The fourth-order valence-electron chi connectivity index (χ4n) is 9.89. The lowest BCUT2D eigenvalue weighted by Gasteiger charge is -2.13. The molecule has 11 aromatic carbocycles. The molecule has 0 amide bonds. The van der Waals surface area contributed by atoms with Crippen LogP contribution in [-0.2, 0) is 0 Å². The third-order valence-electron chi connectivity index (χ3n) is 13.2. The normalized spacial score (nSPS) is 11.6. The molecule has 0 aliphatic heterocycles. The van der Waals surface area contributed by atoms with E-state index in [4.69, 9.17) is 15.0 Å². The fourth-order valence-corrected chi connectivity index (χ4v) is 9.89. The Kier molecular flexibility index (Phi) is 9.14. The first kappa shape index (κ1) is 38.5. The Morgan fingerprint density at radius 3 is 1.33 bits per heavy atom. The second-order valence-electron chi connectivity index (χ2n) is 17.2. The standard InChI is InChI=1S/C63H40N4/c1-3-15-42(16-4-1)61-64-62(43-17-5-2-6-18-43)66-63(65-61)44-28-32-52(33-29-44)67-59-34-30-48(38-57(59)58-39-49(31-35-60(58)67)47-27-26-41-14-7-8-19-45(41)36-47)46-21-13-22-50(37-46)56-40-51-20-9-10-23-53(51)54-24-11-12-25-55(54)56/h1-40H. The number of nitrogens with zero attached hydrogens (tertiary/aromatic N) is 4. The van der Waals surface area contributed by atoms with E-state index in [1.165, 1.54) is 76.5 Å². The predicted octanol–water partition coefficient (Wildman–Crippen LogP) is 16.4. The SMILES string of the molecule is c1ccc(-c2nc(-c3ccccc3)nc(-c3ccc(-n4c5ccc(-c6cccc(-c7cc8ccccc8c8ccccc78)c6)cc5c5cc(-c6ccc7ccccc7c6)ccc54)cc3)n2)cc1. The van der Waals surface area contributed by atoms with Gasteiger partial charge in [0.15, 0.2) is 17.5 Å². The molecule has 0 N–H and O–H groups in total. The van der Waals surface area contributed by atoms with Crippen LogP contribution in [0.1, 0.15) is 0 Å². The Bertz CT molecular complexity index is 3960. The van der Waals surface area contributed by atoms with Gasteiger partial charge in [0.2, 0.25) is 0 Å². The summed E-state index contributed by atoms with van der Waals surface area (Å²) in [6, 6.07) is 86.9. The monoisotopic (exact) mass is 852 g/mol. The number of rotatable bonds is 7. The van der Waals surface area contributed by atoms with Crippen LogP contribution in [0.4, 0.5) is 0 Å². The van der Waals surface area contributed by atoms with E-state index < -0.39 is 0 Å². The minimum absolute atomic E-state index is 0.630. The maximum atomic E-state index is 5.01. The Labute approximate surface area is 387 Å². The Balaban J connectivity index is 0.954. The third kappa shape index (κ3) is 6.82. The van der Waals surface area contributed by atoms with Crippen molar-refractivity contribution in [3.63, 3.8) is 0 Å². The van der Waals surface area contributed by atoms with Crippen molar-refractivity contribution in [2.45, 2.75) is 0 Å². The van der Waals surface area contributed by atoms with Gasteiger partial charge in [-0.1, -0.05) is 176 Å². The zero-order valence-corrected chi connectivity index (χ0v) is 36.4. The summed E-state index contributed by atoms with van der Waals surface area (Å²) in [5.41, 5.74) is 13.3. The van der Waals surface area contributed by atoms with Gasteiger partial charge in [0.1, 0.15) is 0 Å². The maximum Gasteiger partial charge on any atom is 0.164 e. The molecule has 4 nitrogen and oxygen atoms in total. The molecule has 312 valence electrons. The topological polar surface area (TPSA) is 43.6 Å². The minimum atomic E-state index is 0.630. The van der Waals surface area contributed by atoms with Crippen LogP contribution in [0.2, 0.25) is 0 Å². The number of benzene rings is 11. The molecule has 0 aliphatic rings. The van der Waals surface area contributed by atoms with Crippen LogP contribution in [0.25, 0.3) is 127 Å². The highest BCUT2D eigenvalue weighted by Gasteiger charge is 2.18. The molecule has 0 fully saturated rings. The molecular weight excluding hydrogens is 813 g/mol. The highest BCUT2D eigenvalue weighted by molar-refractivity contribution is 6.14. The molecule has 0 aliphatic carbocycles. The largest absolute Gasteiger partial charge is 0.309 e. The van der Waals surface area contributed by atoms with Crippen molar-refractivity contribution in [1.29, 1.82) is 0 Å². The lowest BCUT2D eigenvalue weighted by Crippen LogP contribution is -2.00. The average molecular weight is 853 g/mol. The van der Waals surface area contributed by atoms with Crippen LogP contribution >= 0.6 is 0 Å². The van der Waals surface area contributed by atoms with Gasteiger partial charge in [0.25, 0.3) is 0 Å². The highest BCUT2D eigenvalue weighted by Crippen LogP contribution is 2.40. The summed E-state index contributed by atoms with van der Waals surface area (Å²) in [6.07, 6.45) is 0. The molecule has 0 radical (unpaired) electrons. The summed E-state index contributed by atoms with van der Waals surface area (Å²) < 4.78 is 2.39. The van der Waals surface area contributed by atoms with E-state index in [1.807, 2.05) is 60.7 Å². The summed E-state index contributed by atoms with van der Waals surface area (Å²) in [5, 5.41) is 9.90. The van der Waals surface area contributed by atoms with Gasteiger partial charge in [-0.15, -0.1) is 0 Å². The average Bonchev–Trinajstić information content (AvgIpc) is 3.74. The molecule has 0 saturated carbocycles. The van der Waals surface area contributed by atoms with Gasteiger partial charge in [-0.3, -0.25) is 0 Å². The summed E-state index contributed by atoms with van der Waals surface area (Å²) in [4.78, 5) is 14.9. The molecule has 4 heteroatoms. The van der Waals surface area contributed by atoms with E-state index in [-0.39, 0.29) is 0 Å². The Hall–Kier alpha value is -8.99. The second kappa shape index (κ2) is 15.9. The van der Waals surface area contributed by atoms with Crippen molar-refractivity contribution in [2.24, 2.45) is 0 Å². The summed E-state index contributed by atoms with van der Waals surface area (Å²) >= 11 is 0. The van der Waals surface area contributed by atoms with E-state index in [2.05, 4.69) is 187 Å². The molecule has 2 aromatic heterocycles. The van der Waals surface area contributed by atoms with Crippen LogP contribution < -0.4 is 0 Å². The van der Waals surface area contributed by atoms with Crippen LogP contribution in [0, 0.1) is 0 Å². The summed E-state index contributed by atoms with van der Waals surface area (Å²) in [5.74, 6) is 1.92. The molecule has 2 heterocycles. The number of hydrogen-bond donors (Lipinski definition) is 0. The smallest absolute Gasteiger partial charge is 0.164 e. The molecule has 0 spiro atoms. The zero-order valence-electron chi connectivity index (χ0n) is 36.4. The summed E-state index contributed by atoms with van der Waals surface area (Å²) in [7, 11) is 0. The van der Waals surface area contributed by atoms with E-state index in [1.54, 1.807) is 0 Å². The van der Waals surface area contributed by atoms with Gasteiger partial charge in [-0.2, -0.15) is 0 Å². The fraction of sp³-hybridized carbons (Fsp3) is 0. The quantitative estimate of drug-likeness (QED) is 0.150. The van der Waals surface area contributed by atoms with Gasteiger partial charge < -0.3 is 4.57 Å². The third-order valence-corrected chi connectivity index (χ3v) is 13.2. The van der Waals surface area contributed by atoms with Crippen molar-refractivity contribution in [3.8, 4) is 73.2 Å². The van der Waals surface area contributed by atoms with Crippen molar-refractivity contribution in [1.82, 2.24) is 19.5 Å². The van der Waals surface area contributed by atoms with Gasteiger partial charge in [0.05, 0.1) is 11.0 Å². The summed E-state index contributed by atoms with van der Waals surface area (Å²) in [6.45, 7) is 0. The van der Waals surface area contributed by atoms with Gasteiger partial charge in [-0.25, -0.2) is 15.0 Å². The zero-order chi connectivity index (χ0) is 44.3. The molecule has 0 saturated heterocycles. The Morgan fingerprint density at radius 2 is 0.687 bits per heavy atom. The van der Waals surface area contributed by atoms with Crippen molar-refractivity contribution in [3.05, 3.63) is 243 Å². The Morgan fingerprint density at radius 1 is 0.239 bits per heavy atom. The van der Waals surface area contributed by atoms with Crippen molar-refractivity contribution in [2.75, 3.05) is 0 Å². The van der Waals surface area contributed by atoms with Crippen LogP contribution in [0.15, 0.2) is 243 Å². The molecule has 0 unspecified atom stereocenters. The van der Waals surface area contributed by atoms with Crippen LogP contribution in [0.5, 0.6) is 0 Å². The lowest BCUT2D eigenvalue weighted by molar-refractivity contribution is 1.07. The molecular formula is C63H40N4. The van der Waals surface area contributed by atoms with Crippen molar-refractivity contribution >= 4 is 54.1 Å². The first-order chi connectivity index (χ1) is 33.2. The van der Waals surface area contributed by atoms with Crippen LogP contribution in [-0.4, -0.2) is 19.5 Å². The second-order valence-corrected chi connectivity index (χ2v) is 17.2. The highest BCUT2D eigenvalue weighted by atomic mass is 15.0. The number of hydrogen-bond acceptors (Lipinski definition) is 3. The molecule has 13 rings (SSSR count). The molecule has 67 heavy (non-hydrogen) atoms. The molecule has 0 bridgehead atoms. The number of aromatic nitrogens is 4. The minimum Gasteiger partial charge on any atom is -0.309 e. The predicted molar refractivity (Wildman–Crippen MR) is 279 cm³/mol. The molecule has 0 atom stereocenters. The van der Waals surface area contributed by atoms with Crippen molar-refractivity contribution < 1.29 is 0 Å². The first-order valence-electron chi connectivity index (χ1n) is 22.8. The first-order valence-corrected chi connectivity index (χ1v) is 22.8. The lowest BCUT2D eigenvalue weighted by atomic mass is 9.91. The van der Waals surface area contributed by atoms with Gasteiger partial charge in [-0.05, 0) is 132 Å². The van der Waals surface area contributed by atoms with Gasteiger partial charge in [0, 0.05) is 33.2 Å². The van der Waals surface area contributed by atoms with E-state index in [9.17, 15) is 0 Å². The van der Waals surface area contributed by atoms with E-state index >= 15 is 0 Å². The van der Waals surface area contributed by atoms with Crippen LogP contribution in [0.3, 0.4) is 0 Å². The van der Waals surface area contributed by atoms with Gasteiger partial charge >= 0.3 is 0 Å². The van der Waals surface area contributed by atoms with E-state index in [0.717, 1.165) is 33.4 Å².